The van der Waals surface area contributed by atoms with Crippen LogP contribution in [0.25, 0.3) is 0 Å². The zero-order valence-corrected chi connectivity index (χ0v) is 17.9. The maximum absolute atomic E-state index is 13.4. The lowest BCUT2D eigenvalue weighted by atomic mass is 10.0. The Labute approximate surface area is 187 Å². The number of anilines is 2. The molecule has 1 N–H and O–H groups in total. The van der Waals surface area contributed by atoms with Crippen LogP contribution in [0.15, 0.2) is 59.5 Å². The Morgan fingerprint density at radius 2 is 1.61 bits per heavy atom. The van der Waals surface area contributed by atoms with Crippen LogP contribution in [0.3, 0.4) is 0 Å². The van der Waals surface area contributed by atoms with Crippen LogP contribution < -0.4 is 9.62 Å². The van der Waals surface area contributed by atoms with Crippen LogP contribution in [0.5, 0.6) is 0 Å². The third kappa shape index (κ3) is 4.70. The van der Waals surface area contributed by atoms with Gasteiger partial charge in [-0.05, 0) is 72.5 Å². The third-order valence-electron chi connectivity index (χ3n) is 5.25. The number of halogens is 4. The molecule has 0 radical (unpaired) electrons. The van der Waals surface area contributed by atoms with Gasteiger partial charge in [0.15, 0.2) is 17.5 Å². The summed E-state index contributed by atoms with van der Waals surface area (Å²) in [4.78, 5) is 12.3. The van der Waals surface area contributed by atoms with Crippen molar-refractivity contribution in [3.8, 4) is 0 Å². The van der Waals surface area contributed by atoms with Crippen molar-refractivity contribution in [2.24, 2.45) is 0 Å². The Kier molecular flexibility index (Phi) is 6.11. The van der Waals surface area contributed by atoms with Crippen LogP contribution >= 0.6 is 0 Å². The number of carbonyl (C=O) groups excluding carboxylic acids is 1. The summed E-state index contributed by atoms with van der Waals surface area (Å²) in [6, 6.07) is 10.8. The normalized spacial score (nSPS) is 13.5. The zero-order chi connectivity index (χ0) is 23.8. The molecular formula is C23H18F4N2O3S. The maximum atomic E-state index is 13.4. The van der Waals surface area contributed by atoms with Crippen LogP contribution in [0.4, 0.5) is 28.9 Å². The van der Waals surface area contributed by atoms with Gasteiger partial charge in [-0.15, -0.1) is 0 Å². The average Bonchev–Trinajstić information content (AvgIpc) is 2.77. The monoisotopic (exact) mass is 478 g/mol. The molecule has 5 nitrogen and oxygen atoms in total. The first kappa shape index (κ1) is 22.8. The summed E-state index contributed by atoms with van der Waals surface area (Å²) in [6.07, 6.45) is 0.802. The molecule has 33 heavy (non-hydrogen) atoms. The second-order valence-corrected chi connectivity index (χ2v) is 9.44. The molecule has 4 rings (SSSR count). The van der Waals surface area contributed by atoms with Gasteiger partial charge < -0.3 is 5.32 Å². The molecule has 1 heterocycles. The van der Waals surface area contributed by atoms with Gasteiger partial charge >= 0.3 is 0 Å². The van der Waals surface area contributed by atoms with E-state index in [4.69, 9.17) is 0 Å². The fourth-order valence-electron chi connectivity index (χ4n) is 3.70. The molecule has 0 bridgehead atoms. The Balaban J connectivity index is 1.58. The van der Waals surface area contributed by atoms with E-state index < -0.39 is 45.6 Å². The third-order valence-corrected chi connectivity index (χ3v) is 7.08. The van der Waals surface area contributed by atoms with Crippen molar-refractivity contribution in [1.29, 1.82) is 0 Å². The number of nitrogens with zero attached hydrogens (tertiary/aromatic N) is 1. The molecule has 1 aliphatic heterocycles. The second-order valence-electron chi connectivity index (χ2n) is 7.58. The van der Waals surface area contributed by atoms with E-state index in [1.807, 2.05) is 0 Å². The Morgan fingerprint density at radius 1 is 0.939 bits per heavy atom. The zero-order valence-electron chi connectivity index (χ0n) is 17.1. The van der Waals surface area contributed by atoms with Gasteiger partial charge in [-0.1, -0.05) is 6.07 Å². The number of amides is 1. The van der Waals surface area contributed by atoms with Crippen molar-refractivity contribution < 1.29 is 30.8 Å². The molecule has 1 amide bonds. The largest absolute Gasteiger partial charge is 0.326 e. The number of hydrogen-bond acceptors (Lipinski definition) is 3. The van der Waals surface area contributed by atoms with E-state index in [1.54, 1.807) is 12.1 Å². The van der Waals surface area contributed by atoms with E-state index in [1.165, 1.54) is 22.5 Å². The lowest BCUT2D eigenvalue weighted by Gasteiger charge is -2.31. The minimum absolute atomic E-state index is 0.0534. The van der Waals surface area contributed by atoms with Gasteiger partial charge in [0, 0.05) is 12.2 Å². The number of nitrogens with one attached hydrogen (secondary N) is 1. The van der Waals surface area contributed by atoms with E-state index in [2.05, 4.69) is 5.32 Å². The van der Waals surface area contributed by atoms with Crippen molar-refractivity contribution in [2.45, 2.75) is 24.2 Å². The van der Waals surface area contributed by atoms with E-state index in [9.17, 15) is 30.8 Å². The quantitative estimate of drug-likeness (QED) is 0.432. The average molecular weight is 478 g/mol. The minimum Gasteiger partial charge on any atom is -0.326 e. The van der Waals surface area contributed by atoms with Crippen LogP contribution in [0, 0.1) is 23.3 Å². The number of benzene rings is 3. The predicted molar refractivity (Wildman–Crippen MR) is 114 cm³/mol. The molecule has 3 aromatic carbocycles. The highest BCUT2D eigenvalue weighted by Crippen LogP contribution is 2.34. The van der Waals surface area contributed by atoms with Gasteiger partial charge in [0.2, 0.25) is 5.91 Å². The standard InChI is InChI=1S/C23H18F4N2O3S/c24-16-4-7-18(8-5-16)33(31,32)29-9-1-2-15-3-6-17(13-21(15)29)28-22(30)12-14-10-19(25)23(27)20(26)11-14/h3-8,10-11,13H,1-2,9,12H2,(H,28,30). The number of fused-ring (bicyclic) bond motifs is 1. The summed E-state index contributed by atoms with van der Waals surface area (Å²) >= 11 is 0. The second kappa shape index (κ2) is 8.86. The van der Waals surface area contributed by atoms with E-state index in [0.717, 1.165) is 29.8 Å². The fourth-order valence-corrected chi connectivity index (χ4v) is 5.24. The lowest BCUT2D eigenvalue weighted by Crippen LogP contribution is -2.35. The smallest absolute Gasteiger partial charge is 0.264 e. The number of carbonyl (C=O) groups is 1. The van der Waals surface area contributed by atoms with Crippen LogP contribution in [-0.2, 0) is 27.7 Å². The SMILES string of the molecule is O=C(Cc1cc(F)c(F)c(F)c1)Nc1ccc2c(c1)N(S(=O)(=O)c1ccc(F)cc1)CCC2. The van der Waals surface area contributed by atoms with Gasteiger partial charge in [-0.2, -0.15) is 0 Å². The van der Waals surface area contributed by atoms with Crippen molar-refractivity contribution in [2.75, 3.05) is 16.2 Å². The molecule has 0 fully saturated rings. The molecule has 10 heteroatoms. The summed E-state index contributed by atoms with van der Waals surface area (Å²) in [6.45, 7) is 0.207. The van der Waals surface area contributed by atoms with E-state index in [0.29, 0.717) is 18.5 Å². The molecule has 0 aliphatic carbocycles. The van der Waals surface area contributed by atoms with Gasteiger partial charge in [0.25, 0.3) is 10.0 Å². The molecule has 0 aromatic heterocycles. The van der Waals surface area contributed by atoms with E-state index in [-0.39, 0.29) is 22.7 Å². The fraction of sp³-hybridized carbons (Fsp3) is 0.174. The summed E-state index contributed by atoms with van der Waals surface area (Å²) in [5.41, 5.74) is 1.36. The molecule has 0 atom stereocenters. The summed E-state index contributed by atoms with van der Waals surface area (Å²) in [5.74, 6) is -5.58. The van der Waals surface area contributed by atoms with Gasteiger partial charge in [-0.3, -0.25) is 9.10 Å². The maximum Gasteiger partial charge on any atom is 0.264 e. The predicted octanol–water partition coefficient (Wildman–Crippen LogP) is 4.57. The number of sulfonamides is 1. The highest BCUT2D eigenvalue weighted by Gasteiger charge is 2.29. The minimum atomic E-state index is -3.96. The van der Waals surface area contributed by atoms with Crippen LogP contribution in [0.2, 0.25) is 0 Å². The first-order chi connectivity index (χ1) is 15.6. The summed E-state index contributed by atoms with van der Waals surface area (Å²) in [5, 5.41) is 2.56. The van der Waals surface area contributed by atoms with Gasteiger partial charge in [0.1, 0.15) is 5.82 Å². The molecule has 0 unspecified atom stereocenters. The Morgan fingerprint density at radius 3 is 2.27 bits per heavy atom. The van der Waals surface area contributed by atoms with E-state index >= 15 is 0 Å². The lowest BCUT2D eigenvalue weighted by molar-refractivity contribution is -0.115. The molecule has 3 aromatic rings. The molecule has 0 spiro atoms. The topological polar surface area (TPSA) is 66.5 Å². The van der Waals surface area contributed by atoms with Gasteiger partial charge in [0.05, 0.1) is 17.0 Å². The first-order valence-corrected chi connectivity index (χ1v) is 11.4. The first-order valence-electron chi connectivity index (χ1n) is 9.99. The Hall–Kier alpha value is -3.40. The van der Waals surface area contributed by atoms with Crippen molar-refractivity contribution >= 4 is 27.3 Å². The van der Waals surface area contributed by atoms with Crippen molar-refractivity contribution in [3.05, 3.63) is 89.0 Å². The molecule has 0 saturated heterocycles. The highest BCUT2D eigenvalue weighted by atomic mass is 32.2. The van der Waals surface area contributed by atoms with Crippen molar-refractivity contribution in [3.63, 3.8) is 0 Å². The van der Waals surface area contributed by atoms with Crippen LogP contribution in [0.1, 0.15) is 17.5 Å². The number of aryl methyl sites for hydroxylation is 1. The molecule has 0 saturated carbocycles. The number of rotatable bonds is 5. The molecular weight excluding hydrogens is 460 g/mol. The van der Waals surface area contributed by atoms with Crippen molar-refractivity contribution in [1.82, 2.24) is 0 Å². The molecule has 172 valence electrons. The number of hydrogen-bond donors (Lipinski definition) is 1. The highest BCUT2D eigenvalue weighted by molar-refractivity contribution is 7.92. The summed E-state index contributed by atoms with van der Waals surface area (Å²) in [7, 11) is -3.96. The Bertz CT molecular complexity index is 1310. The van der Waals surface area contributed by atoms with Gasteiger partial charge in [-0.25, -0.2) is 26.0 Å². The summed E-state index contributed by atoms with van der Waals surface area (Å²) < 4.78 is 80.6. The van der Waals surface area contributed by atoms with Crippen LogP contribution in [-0.4, -0.2) is 20.9 Å². The molecule has 1 aliphatic rings.